The maximum atomic E-state index is 10.7. The van der Waals surface area contributed by atoms with Gasteiger partial charge in [0, 0.05) is 11.6 Å². The smallest absolute Gasteiger partial charge is 0.387 e. The highest BCUT2D eigenvalue weighted by Gasteiger charge is 2.44. The molecule has 3 rings (SSSR count). The Morgan fingerprint density at radius 2 is 2.00 bits per heavy atom. The average Bonchev–Trinajstić information content (AvgIpc) is 2.99. The zero-order valence-electron chi connectivity index (χ0n) is 11.3. The van der Waals surface area contributed by atoms with Crippen LogP contribution >= 0.6 is 7.82 Å². The van der Waals surface area contributed by atoms with Gasteiger partial charge in [-0.1, -0.05) is 18.2 Å². The topological polar surface area (TPSA) is 134 Å². The van der Waals surface area contributed by atoms with E-state index in [0.717, 1.165) is 5.39 Å². The number of fused-ring (bicyclic) bond motifs is 1. The average molecular weight is 330 g/mol. The van der Waals surface area contributed by atoms with E-state index in [1.807, 2.05) is 18.2 Å². The molecular formula is C12H15N2O7P. The van der Waals surface area contributed by atoms with E-state index in [1.54, 1.807) is 12.3 Å². The molecule has 2 aromatic rings. The summed E-state index contributed by atoms with van der Waals surface area (Å²) in [4.78, 5) is 17.4. The van der Waals surface area contributed by atoms with E-state index in [4.69, 9.17) is 14.5 Å². The molecule has 4 atom stereocenters. The molecule has 0 amide bonds. The van der Waals surface area contributed by atoms with Crippen molar-refractivity contribution in [2.45, 2.75) is 24.5 Å². The number of phosphoric acid groups is 1. The van der Waals surface area contributed by atoms with Gasteiger partial charge in [0.05, 0.1) is 12.1 Å². The molecule has 9 nitrogen and oxygen atoms in total. The van der Waals surface area contributed by atoms with Crippen molar-refractivity contribution >= 4 is 18.7 Å². The van der Waals surface area contributed by atoms with Crippen LogP contribution in [0.25, 0.3) is 10.9 Å². The van der Waals surface area contributed by atoms with E-state index in [1.165, 1.54) is 4.68 Å². The fourth-order valence-corrected chi connectivity index (χ4v) is 2.71. The first-order chi connectivity index (χ1) is 10.3. The van der Waals surface area contributed by atoms with E-state index in [2.05, 4.69) is 9.62 Å². The summed E-state index contributed by atoms with van der Waals surface area (Å²) in [7, 11) is -4.67. The third-order valence-electron chi connectivity index (χ3n) is 3.44. The number of rotatable bonds is 4. The van der Waals surface area contributed by atoms with Crippen LogP contribution in [0.3, 0.4) is 0 Å². The quantitative estimate of drug-likeness (QED) is 0.565. The third-order valence-corrected chi connectivity index (χ3v) is 3.92. The Bertz CT molecular complexity index is 681. The molecule has 1 saturated heterocycles. The summed E-state index contributed by atoms with van der Waals surface area (Å²) in [5.41, 5.74) is 0.697. The van der Waals surface area contributed by atoms with Crippen LogP contribution in [0.1, 0.15) is 6.23 Å². The Morgan fingerprint density at radius 3 is 2.68 bits per heavy atom. The van der Waals surface area contributed by atoms with Crippen molar-refractivity contribution in [1.29, 1.82) is 0 Å². The second-order valence-corrected chi connectivity index (χ2v) is 6.24. The number of ether oxygens (including phenoxy) is 1. The zero-order valence-corrected chi connectivity index (χ0v) is 12.2. The van der Waals surface area contributed by atoms with Crippen LogP contribution in [0.2, 0.25) is 0 Å². The lowest BCUT2D eigenvalue weighted by molar-refractivity contribution is -0.0575. The fourth-order valence-electron chi connectivity index (χ4n) is 2.37. The second-order valence-electron chi connectivity index (χ2n) is 5.00. The molecule has 22 heavy (non-hydrogen) atoms. The van der Waals surface area contributed by atoms with Crippen molar-refractivity contribution < 1.29 is 33.8 Å². The van der Waals surface area contributed by atoms with Crippen LogP contribution in [-0.2, 0) is 13.8 Å². The van der Waals surface area contributed by atoms with Crippen molar-refractivity contribution in [2.75, 3.05) is 6.61 Å². The first-order valence-corrected chi connectivity index (χ1v) is 8.04. The molecule has 10 heteroatoms. The van der Waals surface area contributed by atoms with Crippen molar-refractivity contribution in [3.63, 3.8) is 0 Å². The molecular weight excluding hydrogens is 315 g/mol. The maximum absolute atomic E-state index is 10.7. The lowest BCUT2D eigenvalue weighted by Gasteiger charge is -2.14. The summed E-state index contributed by atoms with van der Waals surface area (Å²) in [6.45, 7) is -0.542. The minimum Gasteiger partial charge on any atom is -0.387 e. The minimum atomic E-state index is -4.67. The molecule has 1 fully saturated rings. The number of hydrogen-bond donors (Lipinski definition) is 4. The van der Waals surface area contributed by atoms with Gasteiger partial charge in [0.2, 0.25) is 0 Å². The van der Waals surface area contributed by atoms with Gasteiger partial charge in [-0.3, -0.25) is 4.52 Å². The number of aromatic nitrogens is 2. The lowest BCUT2D eigenvalue weighted by Crippen LogP contribution is -2.33. The number of nitrogens with zero attached hydrogens (tertiary/aromatic N) is 2. The highest BCUT2D eigenvalue weighted by atomic mass is 31.2. The summed E-state index contributed by atoms with van der Waals surface area (Å²) < 4.78 is 21.8. The lowest BCUT2D eigenvalue weighted by atomic mass is 10.1. The molecule has 1 aliphatic heterocycles. The Kier molecular flexibility index (Phi) is 4.04. The Labute approximate surface area is 124 Å². The third kappa shape index (κ3) is 3.06. The Balaban J connectivity index is 1.78. The molecule has 0 aliphatic carbocycles. The van der Waals surface area contributed by atoms with Crippen LogP contribution in [0.4, 0.5) is 0 Å². The SMILES string of the molecule is O=P(O)(O)OC[C@H]1O[C@@H](n2cc3ccccc3n2)[C@H](O)[C@@H]1O. The molecule has 1 aromatic carbocycles. The first-order valence-electron chi connectivity index (χ1n) is 6.51. The standard InChI is InChI=1S/C12H15N2O7P/c15-10-9(6-20-22(17,18)19)21-12(11(10)16)14-5-7-3-1-2-4-8(7)13-14/h1-5,9-12,15-16H,6H2,(H2,17,18,19)/t9-,10-,11-,12-/m1/s1. The van der Waals surface area contributed by atoms with Crippen molar-refractivity contribution in [2.24, 2.45) is 0 Å². The summed E-state index contributed by atoms with van der Waals surface area (Å²) in [5, 5.41) is 25.0. The highest BCUT2D eigenvalue weighted by Crippen LogP contribution is 2.38. The Morgan fingerprint density at radius 1 is 1.27 bits per heavy atom. The molecule has 1 aliphatic rings. The fraction of sp³-hybridized carbons (Fsp3) is 0.417. The molecule has 2 heterocycles. The maximum Gasteiger partial charge on any atom is 0.469 e. The van der Waals surface area contributed by atoms with Gasteiger partial charge in [-0.2, -0.15) is 5.10 Å². The van der Waals surface area contributed by atoms with Gasteiger partial charge in [0.1, 0.15) is 18.3 Å². The van der Waals surface area contributed by atoms with Gasteiger partial charge in [-0.25, -0.2) is 9.25 Å². The Hall–Kier alpha value is -1.32. The molecule has 0 radical (unpaired) electrons. The molecule has 0 saturated carbocycles. The zero-order chi connectivity index (χ0) is 15.9. The normalized spacial score (nSPS) is 29.3. The molecule has 0 spiro atoms. The van der Waals surface area contributed by atoms with E-state index in [-0.39, 0.29) is 0 Å². The van der Waals surface area contributed by atoms with Crippen molar-refractivity contribution in [3.8, 4) is 0 Å². The number of phosphoric ester groups is 1. The number of aliphatic hydroxyl groups is 2. The number of hydrogen-bond acceptors (Lipinski definition) is 6. The van der Waals surface area contributed by atoms with E-state index in [9.17, 15) is 14.8 Å². The molecule has 4 N–H and O–H groups in total. The van der Waals surface area contributed by atoms with Crippen LogP contribution in [0, 0.1) is 0 Å². The van der Waals surface area contributed by atoms with E-state index in [0.29, 0.717) is 5.52 Å². The van der Waals surface area contributed by atoms with Gasteiger partial charge in [0.25, 0.3) is 0 Å². The van der Waals surface area contributed by atoms with Gasteiger partial charge in [0.15, 0.2) is 6.23 Å². The summed E-state index contributed by atoms with van der Waals surface area (Å²) in [6.07, 6.45) is -3.02. The highest BCUT2D eigenvalue weighted by molar-refractivity contribution is 7.46. The van der Waals surface area contributed by atoms with Gasteiger partial charge in [-0.15, -0.1) is 0 Å². The minimum absolute atomic E-state index is 0.542. The van der Waals surface area contributed by atoms with E-state index >= 15 is 0 Å². The van der Waals surface area contributed by atoms with Crippen LogP contribution in [0.5, 0.6) is 0 Å². The largest absolute Gasteiger partial charge is 0.469 e. The van der Waals surface area contributed by atoms with Crippen LogP contribution in [0.15, 0.2) is 30.5 Å². The summed E-state index contributed by atoms with van der Waals surface area (Å²) >= 11 is 0. The van der Waals surface area contributed by atoms with Gasteiger partial charge in [-0.05, 0) is 6.07 Å². The molecule has 1 aromatic heterocycles. The summed E-state index contributed by atoms with van der Waals surface area (Å²) in [5.74, 6) is 0. The monoisotopic (exact) mass is 330 g/mol. The van der Waals surface area contributed by atoms with E-state index < -0.39 is 39.0 Å². The first kappa shape index (κ1) is 15.6. The van der Waals surface area contributed by atoms with Gasteiger partial charge >= 0.3 is 7.82 Å². The second kappa shape index (κ2) is 5.71. The predicted octanol–water partition coefficient (Wildman–Crippen LogP) is -0.235. The van der Waals surface area contributed by atoms with Gasteiger partial charge < -0.3 is 24.7 Å². The van der Waals surface area contributed by atoms with Crippen molar-refractivity contribution in [3.05, 3.63) is 30.5 Å². The predicted molar refractivity (Wildman–Crippen MR) is 73.7 cm³/mol. The summed E-state index contributed by atoms with van der Waals surface area (Å²) in [6, 6.07) is 7.28. The van der Waals surface area contributed by atoms with Crippen molar-refractivity contribution in [1.82, 2.24) is 9.78 Å². The molecule has 0 bridgehead atoms. The molecule has 120 valence electrons. The van der Waals surface area contributed by atoms with Crippen LogP contribution in [-0.4, -0.2) is 54.7 Å². The number of benzene rings is 1. The number of aliphatic hydroxyl groups excluding tert-OH is 2. The van der Waals surface area contributed by atoms with Crippen LogP contribution < -0.4 is 0 Å². The molecule has 0 unspecified atom stereocenters.